The van der Waals surface area contributed by atoms with E-state index in [4.69, 9.17) is 0 Å². The molecule has 1 aliphatic carbocycles. The van der Waals surface area contributed by atoms with Crippen LogP contribution in [0.25, 0.3) is 0 Å². The summed E-state index contributed by atoms with van der Waals surface area (Å²) in [5, 5.41) is 28.0. The second-order valence-corrected chi connectivity index (χ2v) is 19.5. The topological polar surface area (TPSA) is 357 Å². The first-order valence-corrected chi connectivity index (χ1v) is 22.2. The zero-order chi connectivity index (χ0) is 44.9. The molecule has 0 spiro atoms. The molecule has 1 atom stereocenters. The first kappa shape index (κ1) is 45.1. The van der Waals surface area contributed by atoms with Crippen molar-refractivity contribution in [3.05, 3.63) is 95.6 Å². The maximum atomic E-state index is 13.8. The largest absolute Gasteiger partial charge is 0.477 e. The number of allylic oxidation sites excluding steroid dienone is 8. The van der Waals surface area contributed by atoms with Crippen LogP contribution < -0.4 is 10.0 Å². The van der Waals surface area contributed by atoms with E-state index in [0.29, 0.717) is 58.4 Å². The molecule has 3 aliphatic rings. The summed E-state index contributed by atoms with van der Waals surface area (Å²) in [6.07, 6.45) is 10.2. The Morgan fingerprint density at radius 1 is 0.650 bits per heavy atom. The van der Waals surface area contributed by atoms with Crippen LogP contribution in [0.2, 0.25) is 0 Å². The molecule has 0 fully saturated rings. The number of rotatable bonds is 12. The first-order chi connectivity index (χ1) is 27.5. The van der Waals surface area contributed by atoms with Gasteiger partial charge in [-0.25, -0.2) is 9.59 Å². The smallest absolute Gasteiger partial charge is 0.357 e. The highest BCUT2D eigenvalue weighted by molar-refractivity contribution is 7.87. The zero-order valence-electron chi connectivity index (χ0n) is 30.5. The predicted octanol–water partition coefficient (Wildman–Crippen LogP) is 2.28. The maximum Gasteiger partial charge on any atom is 0.357 e. The molecule has 0 bridgehead atoms. The lowest BCUT2D eigenvalue weighted by atomic mass is 9.71. The molecule has 0 radical (unpaired) electrons. The van der Waals surface area contributed by atoms with E-state index in [1.54, 1.807) is 6.08 Å². The molecule has 26 heteroatoms. The highest BCUT2D eigenvalue weighted by Gasteiger charge is 2.45. The number of aliphatic carboxylic acids is 2. The van der Waals surface area contributed by atoms with Crippen molar-refractivity contribution in [2.45, 2.75) is 46.3 Å². The van der Waals surface area contributed by atoms with Gasteiger partial charge in [-0.2, -0.15) is 53.9 Å². The van der Waals surface area contributed by atoms with E-state index in [2.05, 4.69) is 10.2 Å². The second-order valence-electron chi connectivity index (χ2n) is 13.8. The molecule has 318 valence electrons. The number of benzene rings is 2. The van der Waals surface area contributed by atoms with Gasteiger partial charge in [-0.3, -0.25) is 27.8 Å². The highest BCUT2D eigenvalue weighted by atomic mass is 32.2. The van der Waals surface area contributed by atoms with Crippen LogP contribution >= 0.6 is 0 Å². The van der Waals surface area contributed by atoms with Crippen molar-refractivity contribution in [3.63, 3.8) is 0 Å². The summed E-state index contributed by atoms with van der Waals surface area (Å²) >= 11 is 0. The SMILES string of the molecule is CC1(C)CC(C2C(=O)N(c3cc(S(=O)(=O)O)cc(S(=O)(=O)O)c3)N=C2C(=O)O)=C/C(=C/C=C/C=C/C=C2\C(=O)N(c3cc(S(=O)(=O)O)cc(S(=O)(=O)O)c3)N=C2C(=O)O)C1. The van der Waals surface area contributed by atoms with E-state index in [-0.39, 0.29) is 12.0 Å². The Labute approximate surface area is 340 Å². The van der Waals surface area contributed by atoms with Crippen molar-refractivity contribution < 1.29 is 81.3 Å². The first-order valence-electron chi connectivity index (χ1n) is 16.5. The van der Waals surface area contributed by atoms with Crippen LogP contribution in [-0.4, -0.2) is 97.3 Å². The Bertz CT molecular complexity index is 2860. The average Bonchev–Trinajstić information content (AvgIpc) is 3.63. The van der Waals surface area contributed by atoms with E-state index in [9.17, 15) is 81.3 Å². The summed E-state index contributed by atoms with van der Waals surface area (Å²) in [7, 11) is -20.4. The van der Waals surface area contributed by atoms with Crippen molar-refractivity contribution in [3.8, 4) is 0 Å². The lowest BCUT2D eigenvalue weighted by Gasteiger charge is -2.33. The van der Waals surface area contributed by atoms with Gasteiger partial charge in [-0.05, 0) is 66.3 Å². The normalized spacial score (nSPS) is 20.4. The molecule has 1 unspecified atom stereocenters. The van der Waals surface area contributed by atoms with Gasteiger partial charge < -0.3 is 10.2 Å². The fourth-order valence-corrected chi connectivity index (χ4v) is 8.58. The Morgan fingerprint density at radius 2 is 1.10 bits per heavy atom. The van der Waals surface area contributed by atoms with Crippen molar-refractivity contribution in [2.75, 3.05) is 10.0 Å². The lowest BCUT2D eigenvalue weighted by Crippen LogP contribution is -2.34. The number of hydrogen-bond donors (Lipinski definition) is 6. The fourth-order valence-electron chi connectivity index (χ4n) is 6.25. The third kappa shape index (κ3) is 9.88. The number of carbonyl (C=O) groups is 4. The van der Waals surface area contributed by atoms with Crippen LogP contribution in [0.5, 0.6) is 0 Å². The fraction of sp³-hybridized carbons (Fsp3) is 0.176. The molecule has 2 heterocycles. The minimum atomic E-state index is -5.10. The maximum absolute atomic E-state index is 13.8. The minimum absolute atomic E-state index is 0.162. The summed E-state index contributed by atoms with van der Waals surface area (Å²) in [6, 6.07) is 3.38. The molecule has 5 rings (SSSR count). The van der Waals surface area contributed by atoms with Gasteiger partial charge in [0.05, 0.1) is 36.5 Å². The highest BCUT2D eigenvalue weighted by Crippen LogP contribution is 2.43. The lowest BCUT2D eigenvalue weighted by molar-refractivity contribution is -0.130. The molecular weight excluding hydrogens is 881 g/mol. The summed E-state index contributed by atoms with van der Waals surface area (Å²) in [4.78, 5) is 47.1. The molecule has 0 aromatic heterocycles. The van der Waals surface area contributed by atoms with Crippen LogP contribution in [0.1, 0.15) is 26.7 Å². The number of hydrogen-bond acceptors (Lipinski definition) is 14. The molecule has 2 amide bonds. The number of carbonyl (C=O) groups excluding carboxylic acids is 2. The molecule has 0 saturated carbocycles. The molecule has 22 nitrogen and oxygen atoms in total. The molecule has 6 N–H and O–H groups in total. The summed E-state index contributed by atoms with van der Waals surface area (Å²) in [5.74, 6) is -7.07. The summed E-state index contributed by atoms with van der Waals surface area (Å²) in [6.45, 7) is 3.64. The predicted molar refractivity (Wildman–Crippen MR) is 206 cm³/mol. The van der Waals surface area contributed by atoms with Gasteiger partial charge in [0.15, 0.2) is 11.4 Å². The molecule has 2 aliphatic heterocycles. The third-order valence-electron chi connectivity index (χ3n) is 8.66. The van der Waals surface area contributed by atoms with Gasteiger partial charge in [0.1, 0.15) is 5.92 Å². The van der Waals surface area contributed by atoms with E-state index in [1.807, 2.05) is 13.8 Å². The summed E-state index contributed by atoms with van der Waals surface area (Å²) in [5.41, 5.74) is -3.05. The number of amides is 2. The molecule has 2 aromatic carbocycles. The average molecular weight is 911 g/mol. The number of carboxylic acid groups (broad SMARTS) is 2. The number of nitrogens with zero attached hydrogens (tertiary/aromatic N) is 4. The van der Waals surface area contributed by atoms with E-state index >= 15 is 0 Å². The minimum Gasteiger partial charge on any atom is -0.477 e. The van der Waals surface area contributed by atoms with Gasteiger partial charge in [-0.15, -0.1) is 0 Å². The van der Waals surface area contributed by atoms with Crippen LogP contribution in [0.4, 0.5) is 11.4 Å². The quantitative estimate of drug-likeness (QED) is 0.101. The van der Waals surface area contributed by atoms with Gasteiger partial charge >= 0.3 is 11.9 Å². The van der Waals surface area contributed by atoms with Crippen molar-refractivity contribution in [2.24, 2.45) is 21.5 Å². The van der Waals surface area contributed by atoms with Gasteiger partial charge in [0.2, 0.25) is 0 Å². The van der Waals surface area contributed by atoms with Crippen molar-refractivity contribution in [1.29, 1.82) is 0 Å². The van der Waals surface area contributed by atoms with Crippen molar-refractivity contribution >= 4 is 87.0 Å². The molecule has 60 heavy (non-hydrogen) atoms. The molecular formula is C34H30N4O18S4. The number of carboxylic acids is 2. The Hall–Kier alpha value is -6.00. The van der Waals surface area contributed by atoms with Crippen LogP contribution in [0.15, 0.2) is 125 Å². The number of hydrazone groups is 2. The van der Waals surface area contributed by atoms with Gasteiger partial charge in [0.25, 0.3) is 52.3 Å². The van der Waals surface area contributed by atoms with E-state index in [1.165, 1.54) is 30.4 Å². The van der Waals surface area contributed by atoms with E-state index < -0.39 is 124 Å². The van der Waals surface area contributed by atoms with Gasteiger partial charge in [-0.1, -0.05) is 55.9 Å². The third-order valence-corrected chi connectivity index (χ3v) is 12.0. The number of anilines is 2. The van der Waals surface area contributed by atoms with Crippen LogP contribution in [0, 0.1) is 11.3 Å². The van der Waals surface area contributed by atoms with Crippen LogP contribution in [0.3, 0.4) is 0 Å². The Balaban J connectivity index is 1.43. The second kappa shape index (κ2) is 15.9. The van der Waals surface area contributed by atoms with Gasteiger partial charge in [0, 0.05) is 0 Å². The molecule has 2 aromatic rings. The Morgan fingerprint density at radius 3 is 1.53 bits per heavy atom. The van der Waals surface area contributed by atoms with Crippen LogP contribution in [-0.2, 0) is 59.7 Å². The van der Waals surface area contributed by atoms with Crippen molar-refractivity contribution in [1.82, 2.24) is 0 Å². The molecule has 0 saturated heterocycles. The van der Waals surface area contributed by atoms with E-state index in [0.717, 1.165) is 6.08 Å². The summed E-state index contributed by atoms with van der Waals surface area (Å²) < 4.78 is 132. The zero-order valence-corrected chi connectivity index (χ0v) is 33.8. The Kier molecular flexibility index (Phi) is 11.9. The monoisotopic (exact) mass is 910 g/mol. The standard InChI is InChI=1S/C34H30N4O18S4/c1-34(2)16-18(9-19(17-34)27-29(33(43)44)36-38(31(27)40)21-12-24(59(51,52)53)15-25(13-21)60(54,55)56)7-5-3-4-6-8-26-28(32(41)42)35-37(30(26)39)20-10-22(57(45,46)47)14-23(11-20)58(48,49)50/h3-15,27H,16-17H2,1-2H3,(H,41,42)(H,43,44)(H,45,46,47)(H,48,49,50)(H,51,52,53)(H,54,55,56)/b5-3+,6-4+,18-7-,26-8-.